The van der Waals surface area contributed by atoms with Crippen LogP contribution in [0, 0.1) is 5.92 Å². The Morgan fingerprint density at radius 3 is 2.25 bits per heavy atom. The van der Waals surface area contributed by atoms with Gasteiger partial charge < -0.3 is 15.0 Å². The van der Waals surface area contributed by atoms with E-state index in [4.69, 9.17) is 16.3 Å². The topological polar surface area (TPSA) is 58.6 Å². The predicted octanol–water partition coefficient (Wildman–Crippen LogP) is 6.66. The smallest absolute Gasteiger partial charge is 0.261 e. The van der Waals surface area contributed by atoms with Crippen LogP contribution in [-0.2, 0) is 22.6 Å². The molecule has 0 aromatic heterocycles. The van der Waals surface area contributed by atoms with Crippen LogP contribution in [0.3, 0.4) is 0 Å². The molecule has 0 heterocycles. The third-order valence-electron chi connectivity index (χ3n) is 5.47. The molecule has 0 aliphatic carbocycles. The van der Waals surface area contributed by atoms with Gasteiger partial charge in [0.25, 0.3) is 5.91 Å². The van der Waals surface area contributed by atoms with E-state index < -0.39 is 6.04 Å². The molecule has 0 aliphatic heterocycles. The minimum absolute atomic E-state index is 0.195. The highest BCUT2D eigenvalue weighted by Crippen LogP contribution is 2.28. The summed E-state index contributed by atoms with van der Waals surface area (Å²) >= 11 is 13.1. The lowest BCUT2D eigenvalue weighted by molar-refractivity contribution is -0.142. The van der Waals surface area contributed by atoms with Gasteiger partial charge in [-0.05, 0) is 47.4 Å². The quantitative estimate of drug-likeness (QED) is 0.256. The van der Waals surface area contributed by atoms with Crippen molar-refractivity contribution < 1.29 is 14.3 Å². The van der Waals surface area contributed by atoms with Gasteiger partial charge in [0.2, 0.25) is 5.91 Å². The van der Waals surface area contributed by atoms with Gasteiger partial charge in [-0.1, -0.05) is 99.8 Å². The largest absolute Gasteiger partial charge is 0.482 e. The lowest BCUT2D eigenvalue weighted by Crippen LogP contribution is -2.52. The fraction of sp³-hybridized carbons (Fsp3) is 0.286. The van der Waals surface area contributed by atoms with Crippen LogP contribution in [-0.4, -0.2) is 35.9 Å². The fourth-order valence-corrected chi connectivity index (χ4v) is 4.57. The van der Waals surface area contributed by atoms with Crippen LogP contribution in [0.1, 0.15) is 25.0 Å². The molecule has 190 valence electrons. The van der Waals surface area contributed by atoms with Crippen LogP contribution in [0.2, 0.25) is 5.02 Å². The zero-order valence-electron chi connectivity index (χ0n) is 20.2. The average molecular weight is 637 g/mol. The second-order valence-corrected chi connectivity index (χ2v) is 11.1. The second kappa shape index (κ2) is 13.8. The Labute approximate surface area is 234 Å². The highest BCUT2D eigenvalue weighted by molar-refractivity contribution is 9.10. The maximum Gasteiger partial charge on any atom is 0.261 e. The molecule has 5 nitrogen and oxygen atoms in total. The minimum atomic E-state index is -0.716. The molecule has 3 aromatic carbocycles. The van der Waals surface area contributed by atoms with Gasteiger partial charge in [-0.15, -0.1) is 0 Å². The van der Waals surface area contributed by atoms with Crippen LogP contribution >= 0.6 is 43.5 Å². The van der Waals surface area contributed by atoms with E-state index in [-0.39, 0.29) is 30.9 Å². The summed E-state index contributed by atoms with van der Waals surface area (Å²) in [7, 11) is 0. The third-order valence-corrected chi connectivity index (χ3v) is 6.78. The number of halogens is 3. The number of ether oxygens (including phenoxy) is 1. The van der Waals surface area contributed by atoms with Crippen molar-refractivity contribution in [3.05, 3.63) is 97.9 Å². The van der Waals surface area contributed by atoms with Crippen LogP contribution in [0.15, 0.2) is 81.7 Å². The first kappa shape index (κ1) is 28.2. The zero-order chi connectivity index (χ0) is 26.1. The van der Waals surface area contributed by atoms with Crippen molar-refractivity contribution in [1.29, 1.82) is 0 Å². The minimum Gasteiger partial charge on any atom is -0.482 e. The van der Waals surface area contributed by atoms with Gasteiger partial charge in [0, 0.05) is 28.5 Å². The van der Waals surface area contributed by atoms with E-state index in [1.54, 1.807) is 23.1 Å². The summed E-state index contributed by atoms with van der Waals surface area (Å²) in [5, 5.41) is 3.41. The molecule has 0 aliphatic rings. The zero-order valence-corrected chi connectivity index (χ0v) is 24.1. The van der Waals surface area contributed by atoms with E-state index in [1.165, 1.54) is 0 Å². The summed E-state index contributed by atoms with van der Waals surface area (Å²) in [6.45, 7) is 4.60. The molecule has 8 heteroatoms. The monoisotopic (exact) mass is 634 g/mol. The molecule has 1 N–H and O–H groups in total. The first-order chi connectivity index (χ1) is 17.2. The van der Waals surface area contributed by atoms with Crippen LogP contribution in [0.25, 0.3) is 0 Å². The van der Waals surface area contributed by atoms with E-state index in [9.17, 15) is 9.59 Å². The Morgan fingerprint density at radius 2 is 1.61 bits per heavy atom. The van der Waals surface area contributed by atoms with E-state index in [1.807, 2.05) is 68.4 Å². The maximum absolute atomic E-state index is 13.6. The van der Waals surface area contributed by atoms with Gasteiger partial charge in [-0.25, -0.2) is 0 Å². The summed E-state index contributed by atoms with van der Waals surface area (Å²) < 4.78 is 7.54. The average Bonchev–Trinajstić information content (AvgIpc) is 2.85. The number of hydrogen-bond donors (Lipinski definition) is 1. The van der Waals surface area contributed by atoms with E-state index >= 15 is 0 Å². The summed E-state index contributed by atoms with van der Waals surface area (Å²) in [6, 6.07) is 21.9. The van der Waals surface area contributed by atoms with E-state index in [2.05, 4.69) is 37.2 Å². The van der Waals surface area contributed by atoms with Crippen molar-refractivity contribution in [2.24, 2.45) is 5.92 Å². The standard InChI is InChI=1S/C28H29Br2ClN2O3/c1-19(2)16-32-28(35)25(14-20-6-4-3-5-7-20)33(17-21-8-10-22(29)11-9-21)27(34)18-36-26-13-12-23(30)15-24(26)31/h3-13,15,19,25H,14,16-18H2,1-2H3,(H,32,35)/t25-/m1/s1. The summed E-state index contributed by atoms with van der Waals surface area (Å²) in [4.78, 5) is 28.6. The fourth-order valence-electron chi connectivity index (χ4n) is 3.58. The van der Waals surface area contributed by atoms with Crippen molar-refractivity contribution in [2.45, 2.75) is 32.9 Å². The number of nitrogens with one attached hydrogen (secondary N) is 1. The Morgan fingerprint density at radius 1 is 0.944 bits per heavy atom. The summed E-state index contributed by atoms with van der Waals surface area (Å²) in [5.74, 6) is 0.183. The molecule has 3 aromatic rings. The van der Waals surface area contributed by atoms with E-state index in [0.29, 0.717) is 23.7 Å². The highest BCUT2D eigenvalue weighted by Gasteiger charge is 2.30. The third kappa shape index (κ3) is 8.64. The van der Waals surface area contributed by atoms with Crippen molar-refractivity contribution in [3.8, 4) is 5.75 Å². The Kier molecular flexibility index (Phi) is 10.8. The van der Waals surface area contributed by atoms with Crippen LogP contribution in [0.4, 0.5) is 0 Å². The second-order valence-electron chi connectivity index (χ2n) is 8.86. The number of hydrogen-bond acceptors (Lipinski definition) is 3. The highest BCUT2D eigenvalue weighted by atomic mass is 79.9. The van der Waals surface area contributed by atoms with Gasteiger partial charge in [0.05, 0.1) is 5.02 Å². The van der Waals surface area contributed by atoms with E-state index in [0.717, 1.165) is 20.1 Å². The molecule has 36 heavy (non-hydrogen) atoms. The van der Waals surface area contributed by atoms with Gasteiger partial charge >= 0.3 is 0 Å². The molecule has 0 bridgehead atoms. The SMILES string of the molecule is CC(C)CNC(=O)[C@@H](Cc1ccccc1)N(Cc1ccc(Br)cc1)C(=O)COc1ccc(Br)cc1Cl. The summed E-state index contributed by atoms with van der Waals surface area (Å²) in [5.41, 5.74) is 1.87. The maximum atomic E-state index is 13.6. The van der Waals surface area contributed by atoms with Gasteiger partial charge in [0.1, 0.15) is 11.8 Å². The molecule has 0 radical (unpaired) electrons. The van der Waals surface area contributed by atoms with Gasteiger partial charge in [0.15, 0.2) is 6.61 Å². The van der Waals surface area contributed by atoms with Crippen molar-refractivity contribution in [3.63, 3.8) is 0 Å². The molecule has 0 saturated heterocycles. The normalized spacial score (nSPS) is 11.7. The molecule has 0 spiro atoms. The Bertz CT molecular complexity index is 1160. The Hall–Kier alpha value is -2.35. The molecule has 0 fully saturated rings. The van der Waals surface area contributed by atoms with Crippen LogP contribution in [0.5, 0.6) is 5.75 Å². The predicted molar refractivity (Wildman–Crippen MR) is 151 cm³/mol. The number of carbonyl (C=O) groups is 2. The molecule has 3 rings (SSSR count). The van der Waals surface area contributed by atoms with Crippen molar-refractivity contribution >= 4 is 55.3 Å². The van der Waals surface area contributed by atoms with Crippen molar-refractivity contribution in [1.82, 2.24) is 10.2 Å². The first-order valence-electron chi connectivity index (χ1n) is 11.7. The number of carbonyl (C=O) groups excluding carboxylic acids is 2. The molecular weight excluding hydrogens is 608 g/mol. The number of rotatable bonds is 11. The van der Waals surface area contributed by atoms with Gasteiger partial charge in [-0.3, -0.25) is 9.59 Å². The molecule has 1 atom stereocenters. The number of nitrogens with zero attached hydrogens (tertiary/aromatic N) is 1. The van der Waals surface area contributed by atoms with Gasteiger partial charge in [-0.2, -0.15) is 0 Å². The van der Waals surface area contributed by atoms with Crippen molar-refractivity contribution in [2.75, 3.05) is 13.2 Å². The molecule has 0 saturated carbocycles. The number of benzene rings is 3. The lowest BCUT2D eigenvalue weighted by atomic mass is 10.0. The first-order valence-corrected chi connectivity index (χ1v) is 13.6. The molecule has 0 unspecified atom stereocenters. The lowest BCUT2D eigenvalue weighted by Gasteiger charge is -2.31. The molecular formula is C28H29Br2ClN2O3. The molecule has 2 amide bonds. The summed E-state index contributed by atoms with van der Waals surface area (Å²) in [6.07, 6.45) is 0.381. The Balaban J connectivity index is 1.90. The number of amides is 2. The van der Waals surface area contributed by atoms with Crippen LogP contribution < -0.4 is 10.1 Å².